The van der Waals surface area contributed by atoms with Gasteiger partial charge in [0.05, 0.1) is 0 Å². The quantitative estimate of drug-likeness (QED) is 0.625. The first-order chi connectivity index (χ1) is 11.1. The first-order valence-electron chi connectivity index (χ1n) is 7.87. The van der Waals surface area contributed by atoms with Gasteiger partial charge in [-0.1, -0.05) is 43.6 Å². The maximum atomic E-state index is 12.2. The van der Waals surface area contributed by atoms with Gasteiger partial charge in [-0.3, -0.25) is 4.79 Å². The van der Waals surface area contributed by atoms with Gasteiger partial charge in [-0.15, -0.1) is 11.8 Å². The molecule has 0 aliphatic carbocycles. The van der Waals surface area contributed by atoms with Gasteiger partial charge < -0.3 is 5.32 Å². The molecule has 0 aliphatic heterocycles. The number of anilines is 1. The second-order valence-electron chi connectivity index (χ2n) is 5.50. The van der Waals surface area contributed by atoms with Gasteiger partial charge in [-0.05, 0) is 48.2 Å². The highest BCUT2D eigenvalue weighted by atomic mass is 35.5. The van der Waals surface area contributed by atoms with E-state index in [0.717, 1.165) is 27.8 Å². The first kappa shape index (κ1) is 17.9. The minimum absolute atomic E-state index is 0.0576. The molecule has 0 fully saturated rings. The van der Waals surface area contributed by atoms with Crippen LogP contribution in [0.1, 0.15) is 38.2 Å². The van der Waals surface area contributed by atoms with Crippen LogP contribution in [0.5, 0.6) is 0 Å². The van der Waals surface area contributed by atoms with Crippen molar-refractivity contribution in [2.45, 2.75) is 37.5 Å². The summed E-state index contributed by atoms with van der Waals surface area (Å²) in [5.41, 5.74) is 2.14. The lowest BCUT2D eigenvalue weighted by Gasteiger charge is -2.15. The van der Waals surface area contributed by atoms with Crippen LogP contribution in [-0.2, 0) is 4.79 Å². The molecule has 0 spiro atoms. The minimum atomic E-state index is 0.0576. The van der Waals surface area contributed by atoms with Crippen molar-refractivity contribution < 1.29 is 4.79 Å². The lowest BCUT2D eigenvalue weighted by Crippen LogP contribution is -2.14. The Balaban J connectivity index is 1.86. The Morgan fingerprint density at radius 2 is 1.87 bits per heavy atom. The molecule has 1 atom stereocenters. The summed E-state index contributed by atoms with van der Waals surface area (Å²) in [5, 5.41) is 3.78. The van der Waals surface area contributed by atoms with Crippen molar-refractivity contribution in [1.82, 2.24) is 0 Å². The molecule has 0 aliphatic rings. The van der Waals surface area contributed by atoms with Gasteiger partial charge in [0, 0.05) is 27.8 Å². The van der Waals surface area contributed by atoms with Crippen molar-refractivity contribution in [2.75, 3.05) is 11.1 Å². The predicted octanol–water partition coefficient (Wildman–Crippen LogP) is 5.97. The number of carbonyl (C=O) groups excluding carboxylic acids is 1. The van der Waals surface area contributed by atoms with E-state index in [1.807, 2.05) is 42.5 Å². The molecule has 2 nitrogen and oxygen atoms in total. The number of hydrogen-bond acceptors (Lipinski definition) is 2. The third-order valence-corrected chi connectivity index (χ3v) is 5.06. The predicted molar refractivity (Wildman–Crippen MR) is 101 cm³/mol. The highest BCUT2D eigenvalue weighted by Gasteiger charge is 2.10. The van der Waals surface area contributed by atoms with E-state index in [-0.39, 0.29) is 5.91 Å². The summed E-state index contributed by atoms with van der Waals surface area (Å²) in [4.78, 5) is 13.3. The molecule has 1 unspecified atom stereocenters. The third kappa shape index (κ3) is 5.60. The molecule has 2 aromatic rings. The topological polar surface area (TPSA) is 29.1 Å². The molecule has 0 saturated heterocycles. The van der Waals surface area contributed by atoms with Crippen LogP contribution in [0.4, 0.5) is 5.69 Å². The third-order valence-electron chi connectivity index (χ3n) is 3.79. The average Bonchev–Trinajstić information content (AvgIpc) is 2.56. The Morgan fingerprint density at radius 3 is 2.57 bits per heavy atom. The second-order valence-corrected chi connectivity index (χ2v) is 7.10. The van der Waals surface area contributed by atoms with Crippen molar-refractivity contribution in [3.8, 4) is 0 Å². The summed E-state index contributed by atoms with van der Waals surface area (Å²) in [6.45, 7) is 4.34. The van der Waals surface area contributed by atoms with Crippen molar-refractivity contribution in [2.24, 2.45) is 0 Å². The van der Waals surface area contributed by atoms with Gasteiger partial charge in [0.1, 0.15) is 0 Å². The molecule has 4 heteroatoms. The smallest absolute Gasteiger partial charge is 0.225 e. The highest BCUT2D eigenvalue weighted by molar-refractivity contribution is 7.99. The summed E-state index contributed by atoms with van der Waals surface area (Å²) >= 11 is 7.53. The fourth-order valence-corrected chi connectivity index (χ4v) is 3.24. The monoisotopic (exact) mass is 347 g/mol. The fraction of sp³-hybridized carbons (Fsp3) is 0.316. The highest BCUT2D eigenvalue weighted by Crippen LogP contribution is 2.27. The van der Waals surface area contributed by atoms with Gasteiger partial charge in [0.25, 0.3) is 0 Å². The Bertz CT molecular complexity index is 642. The van der Waals surface area contributed by atoms with Crippen molar-refractivity contribution in [1.29, 1.82) is 0 Å². The number of hydrogen-bond donors (Lipinski definition) is 1. The molecule has 1 N–H and O–H groups in total. The molecule has 0 aromatic heterocycles. The molecular weight excluding hydrogens is 326 g/mol. The van der Waals surface area contributed by atoms with E-state index in [0.29, 0.717) is 12.3 Å². The maximum absolute atomic E-state index is 12.2. The van der Waals surface area contributed by atoms with Crippen LogP contribution >= 0.6 is 23.4 Å². The van der Waals surface area contributed by atoms with Gasteiger partial charge in [0.15, 0.2) is 0 Å². The molecule has 0 heterocycles. The number of thioether (sulfide) groups is 1. The van der Waals surface area contributed by atoms with E-state index < -0.39 is 0 Å². The van der Waals surface area contributed by atoms with Crippen LogP contribution in [0.2, 0.25) is 5.02 Å². The van der Waals surface area contributed by atoms with Crippen LogP contribution in [0, 0.1) is 0 Å². The van der Waals surface area contributed by atoms with E-state index >= 15 is 0 Å². The van der Waals surface area contributed by atoms with E-state index in [2.05, 4.69) is 25.2 Å². The van der Waals surface area contributed by atoms with E-state index in [1.165, 1.54) is 5.56 Å². The zero-order valence-corrected chi connectivity index (χ0v) is 15.1. The lowest BCUT2D eigenvalue weighted by atomic mass is 9.97. The van der Waals surface area contributed by atoms with Gasteiger partial charge in [-0.25, -0.2) is 0 Å². The van der Waals surface area contributed by atoms with Gasteiger partial charge in [0.2, 0.25) is 5.91 Å². The fourth-order valence-electron chi connectivity index (χ4n) is 2.27. The standard InChI is InChI=1S/C19H22ClNOS/c1-3-14(2)17-6-4-5-7-18(17)21-19(22)12-13-23-16-10-8-15(20)9-11-16/h4-11,14H,3,12-13H2,1-2H3,(H,21,22). The second kappa shape index (κ2) is 8.99. The summed E-state index contributed by atoms with van der Waals surface area (Å²) < 4.78 is 0. The number of carbonyl (C=O) groups is 1. The molecule has 2 rings (SSSR count). The summed E-state index contributed by atoms with van der Waals surface area (Å²) in [7, 11) is 0. The van der Waals surface area contributed by atoms with E-state index in [1.54, 1.807) is 11.8 Å². The zero-order valence-electron chi connectivity index (χ0n) is 13.5. The molecule has 23 heavy (non-hydrogen) atoms. The summed E-state index contributed by atoms with van der Waals surface area (Å²) in [6.07, 6.45) is 1.54. The number of rotatable bonds is 7. The van der Waals surface area contributed by atoms with Crippen LogP contribution < -0.4 is 5.32 Å². The van der Waals surface area contributed by atoms with Gasteiger partial charge >= 0.3 is 0 Å². The van der Waals surface area contributed by atoms with Crippen LogP contribution in [0.3, 0.4) is 0 Å². The molecular formula is C19H22ClNOS. The van der Waals surface area contributed by atoms with Gasteiger partial charge in [-0.2, -0.15) is 0 Å². The number of nitrogens with one attached hydrogen (secondary N) is 1. The summed E-state index contributed by atoms with van der Waals surface area (Å²) in [5.74, 6) is 1.25. The average molecular weight is 348 g/mol. The van der Waals surface area contributed by atoms with Crippen molar-refractivity contribution in [3.05, 3.63) is 59.1 Å². The molecule has 122 valence electrons. The number of halogens is 1. The minimum Gasteiger partial charge on any atom is -0.326 e. The molecule has 0 radical (unpaired) electrons. The Kier molecular flexibility index (Phi) is 7.00. The normalized spacial score (nSPS) is 12.0. The molecule has 0 saturated carbocycles. The van der Waals surface area contributed by atoms with Crippen LogP contribution in [-0.4, -0.2) is 11.7 Å². The zero-order chi connectivity index (χ0) is 16.7. The molecule has 1 amide bonds. The largest absolute Gasteiger partial charge is 0.326 e. The first-order valence-corrected chi connectivity index (χ1v) is 9.23. The Labute approximate surface area is 147 Å². The lowest BCUT2D eigenvalue weighted by molar-refractivity contribution is -0.115. The van der Waals surface area contributed by atoms with Crippen molar-refractivity contribution in [3.63, 3.8) is 0 Å². The maximum Gasteiger partial charge on any atom is 0.225 e. The molecule has 2 aromatic carbocycles. The Morgan fingerprint density at radius 1 is 1.17 bits per heavy atom. The SMILES string of the molecule is CCC(C)c1ccccc1NC(=O)CCSc1ccc(Cl)cc1. The van der Waals surface area contributed by atoms with Crippen LogP contribution in [0.15, 0.2) is 53.4 Å². The van der Waals surface area contributed by atoms with E-state index in [4.69, 9.17) is 11.6 Å². The van der Waals surface area contributed by atoms with Crippen LogP contribution in [0.25, 0.3) is 0 Å². The molecule has 0 bridgehead atoms. The van der Waals surface area contributed by atoms with E-state index in [9.17, 15) is 4.79 Å². The Hall–Kier alpha value is -1.45. The number of para-hydroxylation sites is 1. The summed E-state index contributed by atoms with van der Waals surface area (Å²) in [6, 6.07) is 15.7. The number of benzene rings is 2. The number of amides is 1. The van der Waals surface area contributed by atoms with Crippen molar-refractivity contribution >= 4 is 35.0 Å².